The zero-order valence-corrected chi connectivity index (χ0v) is 12.9. The maximum absolute atomic E-state index is 6.22. The van der Waals surface area contributed by atoms with Crippen LogP contribution in [-0.2, 0) is 6.61 Å². The number of benzene rings is 2. The zero-order valence-electron chi connectivity index (χ0n) is 12.1. The maximum atomic E-state index is 6.22. The average molecular weight is 290 g/mol. The van der Waals surface area contributed by atoms with Crippen molar-refractivity contribution in [1.29, 1.82) is 0 Å². The molecule has 2 rings (SSSR count). The van der Waals surface area contributed by atoms with Crippen molar-refractivity contribution in [3.8, 4) is 5.75 Å². The van der Waals surface area contributed by atoms with Gasteiger partial charge in [0, 0.05) is 22.2 Å². The number of hydrogen-bond donors (Lipinski definition) is 1. The van der Waals surface area contributed by atoms with Gasteiger partial charge in [-0.2, -0.15) is 0 Å². The lowest BCUT2D eigenvalue weighted by Crippen LogP contribution is -2.08. The van der Waals surface area contributed by atoms with Crippen LogP contribution in [0.4, 0.5) is 0 Å². The topological polar surface area (TPSA) is 35.2 Å². The first-order valence-corrected chi connectivity index (χ1v) is 7.09. The third-order valence-corrected chi connectivity index (χ3v) is 3.60. The molecule has 2 nitrogen and oxygen atoms in total. The van der Waals surface area contributed by atoms with Gasteiger partial charge in [0.2, 0.25) is 0 Å². The summed E-state index contributed by atoms with van der Waals surface area (Å²) >= 11 is 6.22. The summed E-state index contributed by atoms with van der Waals surface area (Å²) in [5.74, 6) is 0.822. The Balaban J connectivity index is 2.18. The van der Waals surface area contributed by atoms with Crippen LogP contribution >= 0.6 is 11.6 Å². The van der Waals surface area contributed by atoms with Gasteiger partial charge in [0.15, 0.2) is 0 Å². The molecule has 2 N–H and O–H groups in total. The van der Waals surface area contributed by atoms with E-state index in [1.807, 2.05) is 51.1 Å². The summed E-state index contributed by atoms with van der Waals surface area (Å²) in [5.41, 5.74) is 10.3. The van der Waals surface area contributed by atoms with E-state index in [9.17, 15) is 0 Å². The van der Waals surface area contributed by atoms with E-state index in [0.29, 0.717) is 6.61 Å². The fourth-order valence-electron chi connectivity index (χ4n) is 2.08. The maximum Gasteiger partial charge on any atom is 0.124 e. The Morgan fingerprint density at radius 3 is 2.40 bits per heavy atom. The van der Waals surface area contributed by atoms with Gasteiger partial charge in [0.25, 0.3) is 0 Å². The second kappa shape index (κ2) is 6.29. The van der Waals surface area contributed by atoms with Gasteiger partial charge in [-0.05, 0) is 38.5 Å². The van der Waals surface area contributed by atoms with Crippen molar-refractivity contribution in [2.75, 3.05) is 0 Å². The minimum Gasteiger partial charge on any atom is -0.489 e. The summed E-state index contributed by atoms with van der Waals surface area (Å²) in [6, 6.07) is 12.0. The summed E-state index contributed by atoms with van der Waals surface area (Å²) in [5, 5.41) is 0.736. The Hall–Kier alpha value is -1.51. The molecule has 2 aromatic rings. The fourth-order valence-corrected chi connectivity index (χ4v) is 2.37. The fraction of sp³-hybridized carbons (Fsp3) is 0.294. The van der Waals surface area contributed by atoms with Crippen LogP contribution in [0.25, 0.3) is 0 Å². The second-order valence-electron chi connectivity index (χ2n) is 5.21. The van der Waals surface area contributed by atoms with Gasteiger partial charge in [0.1, 0.15) is 12.4 Å². The molecule has 0 aliphatic rings. The lowest BCUT2D eigenvalue weighted by Gasteiger charge is -2.15. The molecule has 20 heavy (non-hydrogen) atoms. The van der Waals surface area contributed by atoms with Crippen LogP contribution < -0.4 is 10.5 Å². The van der Waals surface area contributed by atoms with E-state index in [4.69, 9.17) is 22.1 Å². The van der Waals surface area contributed by atoms with Gasteiger partial charge in [-0.1, -0.05) is 41.4 Å². The van der Waals surface area contributed by atoms with Crippen molar-refractivity contribution in [1.82, 2.24) is 0 Å². The highest BCUT2D eigenvalue weighted by Gasteiger charge is 2.09. The largest absolute Gasteiger partial charge is 0.489 e. The van der Waals surface area contributed by atoms with Crippen LogP contribution in [0.1, 0.15) is 35.2 Å². The van der Waals surface area contributed by atoms with E-state index in [1.54, 1.807) is 0 Å². The molecule has 0 fully saturated rings. The Morgan fingerprint density at radius 1 is 1.10 bits per heavy atom. The summed E-state index contributed by atoms with van der Waals surface area (Å²) in [6.45, 7) is 6.47. The van der Waals surface area contributed by atoms with Crippen molar-refractivity contribution in [2.45, 2.75) is 33.4 Å². The highest BCUT2D eigenvalue weighted by atomic mass is 35.5. The normalized spacial score (nSPS) is 12.2. The van der Waals surface area contributed by atoms with Crippen molar-refractivity contribution >= 4 is 11.6 Å². The van der Waals surface area contributed by atoms with Crippen molar-refractivity contribution in [3.05, 3.63) is 63.7 Å². The molecule has 106 valence electrons. The standard InChI is InChI=1S/C17H20ClNO/c1-11-5-7-17(15(8-11)13(3)19)20-10-14-6-4-12(2)9-16(14)18/h4-9,13H,10,19H2,1-3H3/t13-/m0/s1. The minimum atomic E-state index is -0.0570. The molecule has 0 aliphatic carbocycles. The lowest BCUT2D eigenvalue weighted by molar-refractivity contribution is 0.301. The van der Waals surface area contributed by atoms with Gasteiger partial charge >= 0.3 is 0 Å². The number of halogens is 1. The number of rotatable bonds is 4. The quantitative estimate of drug-likeness (QED) is 0.896. The smallest absolute Gasteiger partial charge is 0.124 e. The number of hydrogen-bond acceptors (Lipinski definition) is 2. The highest BCUT2D eigenvalue weighted by molar-refractivity contribution is 6.31. The molecule has 0 saturated carbocycles. The summed E-state index contributed by atoms with van der Waals surface area (Å²) in [6.07, 6.45) is 0. The summed E-state index contributed by atoms with van der Waals surface area (Å²) < 4.78 is 5.90. The zero-order chi connectivity index (χ0) is 14.7. The van der Waals surface area contributed by atoms with E-state index in [0.717, 1.165) is 27.5 Å². The lowest BCUT2D eigenvalue weighted by atomic mass is 10.1. The van der Waals surface area contributed by atoms with Crippen molar-refractivity contribution in [2.24, 2.45) is 5.73 Å². The van der Waals surface area contributed by atoms with Crippen LogP contribution in [0, 0.1) is 13.8 Å². The summed E-state index contributed by atoms with van der Waals surface area (Å²) in [7, 11) is 0. The molecule has 0 saturated heterocycles. The first-order valence-electron chi connectivity index (χ1n) is 6.71. The van der Waals surface area contributed by atoms with E-state index in [-0.39, 0.29) is 6.04 Å². The molecule has 2 aromatic carbocycles. The van der Waals surface area contributed by atoms with Gasteiger partial charge in [-0.3, -0.25) is 0 Å². The molecule has 0 aliphatic heterocycles. The molecule has 0 spiro atoms. The first kappa shape index (κ1) is 14.9. The Bertz CT molecular complexity index is 608. The summed E-state index contributed by atoms with van der Waals surface area (Å²) in [4.78, 5) is 0. The molecule has 0 heterocycles. The molecular formula is C17H20ClNO. The Kier molecular flexibility index (Phi) is 4.69. The van der Waals surface area contributed by atoms with E-state index in [1.165, 1.54) is 5.56 Å². The third-order valence-electron chi connectivity index (χ3n) is 3.25. The van der Waals surface area contributed by atoms with Crippen LogP contribution in [0.2, 0.25) is 5.02 Å². The first-order chi connectivity index (χ1) is 9.47. The van der Waals surface area contributed by atoms with Crippen LogP contribution in [-0.4, -0.2) is 0 Å². The van der Waals surface area contributed by atoms with Gasteiger partial charge in [-0.15, -0.1) is 0 Å². The van der Waals surface area contributed by atoms with Crippen LogP contribution in [0.3, 0.4) is 0 Å². The SMILES string of the molecule is Cc1ccc(COc2ccc(C)cc2[C@H](C)N)c(Cl)c1. The molecule has 0 bridgehead atoms. The monoisotopic (exact) mass is 289 g/mol. The van der Waals surface area contributed by atoms with Gasteiger partial charge < -0.3 is 10.5 Å². The van der Waals surface area contributed by atoms with Crippen LogP contribution in [0.5, 0.6) is 5.75 Å². The van der Waals surface area contributed by atoms with Gasteiger partial charge in [0.05, 0.1) is 0 Å². The Morgan fingerprint density at radius 2 is 1.75 bits per heavy atom. The predicted octanol–water partition coefficient (Wildman–Crippen LogP) is 4.56. The van der Waals surface area contributed by atoms with Crippen molar-refractivity contribution in [3.63, 3.8) is 0 Å². The molecular weight excluding hydrogens is 270 g/mol. The van der Waals surface area contributed by atoms with E-state index >= 15 is 0 Å². The minimum absolute atomic E-state index is 0.0570. The predicted molar refractivity (Wildman–Crippen MR) is 84.3 cm³/mol. The molecule has 0 aromatic heterocycles. The third kappa shape index (κ3) is 3.53. The highest BCUT2D eigenvalue weighted by Crippen LogP contribution is 2.27. The Labute approximate surface area is 125 Å². The van der Waals surface area contributed by atoms with Crippen molar-refractivity contribution < 1.29 is 4.74 Å². The second-order valence-corrected chi connectivity index (χ2v) is 5.62. The number of aryl methyl sites for hydroxylation is 2. The molecule has 0 amide bonds. The molecule has 3 heteroatoms. The number of ether oxygens (including phenoxy) is 1. The van der Waals surface area contributed by atoms with Gasteiger partial charge in [-0.25, -0.2) is 0 Å². The van der Waals surface area contributed by atoms with E-state index < -0.39 is 0 Å². The molecule has 0 unspecified atom stereocenters. The van der Waals surface area contributed by atoms with E-state index in [2.05, 4.69) is 6.07 Å². The molecule has 1 atom stereocenters. The van der Waals surface area contributed by atoms with Crippen LogP contribution in [0.15, 0.2) is 36.4 Å². The molecule has 0 radical (unpaired) electrons. The number of nitrogens with two attached hydrogens (primary N) is 1. The average Bonchev–Trinajstić information content (AvgIpc) is 2.38.